The summed E-state index contributed by atoms with van der Waals surface area (Å²) in [5.41, 5.74) is 1.46. The molecule has 0 saturated carbocycles. The Bertz CT molecular complexity index is 714. The molecule has 1 amide bonds. The molecule has 146 valence electrons. The van der Waals surface area contributed by atoms with Gasteiger partial charge in [0, 0.05) is 30.8 Å². The number of carbonyl (C=O) groups excluding carboxylic acids is 2. The number of benzene rings is 1. The molecule has 7 heteroatoms. The molecule has 0 radical (unpaired) electrons. The Hall–Kier alpha value is -2.70. The van der Waals surface area contributed by atoms with Crippen LogP contribution < -0.4 is 0 Å². The fraction of sp³-hybridized carbons (Fsp3) is 0.500. The van der Waals surface area contributed by atoms with Gasteiger partial charge in [0.2, 0.25) is 0 Å². The average Bonchev–Trinajstić information content (AvgIpc) is 2.68. The van der Waals surface area contributed by atoms with Crippen LogP contribution in [0, 0.1) is 10.1 Å². The van der Waals surface area contributed by atoms with E-state index in [0.717, 1.165) is 25.7 Å². The lowest BCUT2D eigenvalue weighted by Crippen LogP contribution is -2.34. The van der Waals surface area contributed by atoms with E-state index >= 15 is 0 Å². The van der Waals surface area contributed by atoms with Crippen LogP contribution in [0.3, 0.4) is 0 Å². The molecule has 1 aromatic rings. The lowest BCUT2D eigenvalue weighted by atomic mass is 9.97. The van der Waals surface area contributed by atoms with Gasteiger partial charge in [-0.2, -0.15) is 0 Å². The Morgan fingerprint density at radius 3 is 2.74 bits per heavy atom. The molecule has 0 N–H and O–H groups in total. The van der Waals surface area contributed by atoms with Crippen LogP contribution in [0.25, 0.3) is 0 Å². The minimum absolute atomic E-state index is 0.105. The molecule has 0 heterocycles. The van der Waals surface area contributed by atoms with E-state index in [9.17, 15) is 19.7 Å². The normalized spacial score (nSPS) is 13.6. The summed E-state index contributed by atoms with van der Waals surface area (Å²) in [7, 11) is 0. The van der Waals surface area contributed by atoms with Gasteiger partial charge in [-0.3, -0.25) is 19.7 Å². The monoisotopic (exact) mass is 374 g/mol. The van der Waals surface area contributed by atoms with Crippen LogP contribution >= 0.6 is 0 Å². The van der Waals surface area contributed by atoms with E-state index in [-0.39, 0.29) is 36.1 Å². The second-order valence-electron chi connectivity index (χ2n) is 6.51. The van der Waals surface area contributed by atoms with Crippen LogP contribution in [0.15, 0.2) is 35.9 Å². The van der Waals surface area contributed by atoms with Crippen LogP contribution in [0.2, 0.25) is 0 Å². The molecular formula is C20H26N2O5. The third-order valence-corrected chi connectivity index (χ3v) is 4.57. The van der Waals surface area contributed by atoms with Crippen molar-refractivity contribution in [2.45, 2.75) is 45.4 Å². The smallest absolute Gasteiger partial charge is 0.307 e. The van der Waals surface area contributed by atoms with E-state index < -0.39 is 4.92 Å². The highest BCUT2D eigenvalue weighted by atomic mass is 16.6. The molecule has 1 aromatic carbocycles. The number of nitro benzene ring substituents is 1. The third-order valence-electron chi connectivity index (χ3n) is 4.57. The number of amides is 1. The Labute approximate surface area is 159 Å². The van der Waals surface area contributed by atoms with Crippen LogP contribution in [0.4, 0.5) is 5.69 Å². The number of carbonyl (C=O) groups is 2. The lowest BCUT2D eigenvalue weighted by molar-refractivity contribution is -0.384. The summed E-state index contributed by atoms with van der Waals surface area (Å²) in [4.78, 5) is 36.6. The van der Waals surface area contributed by atoms with Gasteiger partial charge in [0.25, 0.3) is 11.6 Å². The first kappa shape index (κ1) is 20.6. The van der Waals surface area contributed by atoms with E-state index in [1.165, 1.54) is 30.2 Å². The molecule has 0 atom stereocenters. The van der Waals surface area contributed by atoms with Gasteiger partial charge in [-0.25, -0.2) is 0 Å². The van der Waals surface area contributed by atoms with Crippen molar-refractivity contribution >= 4 is 17.6 Å². The summed E-state index contributed by atoms with van der Waals surface area (Å²) < 4.78 is 4.95. The molecular weight excluding hydrogens is 348 g/mol. The molecule has 0 bridgehead atoms. The van der Waals surface area contributed by atoms with E-state index in [1.54, 1.807) is 17.9 Å². The summed E-state index contributed by atoms with van der Waals surface area (Å²) in [6, 6.07) is 5.69. The zero-order valence-electron chi connectivity index (χ0n) is 15.7. The fourth-order valence-corrected chi connectivity index (χ4v) is 3.12. The number of ether oxygens (including phenoxy) is 1. The zero-order valence-corrected chi connectivity index (χ0v) is 15.7. The van der Waals surface area contributed by atoms with E-state index in [2.05, 4.69) is 6.08 Å². The molecule has 0 unspecified atom stereocenters. The van der Waals surface area contributed by atoms with Crippen LogP contribution in [0.1, 0.15) is 55.8 Å². The first-order valence-corrected chi connectivity index (χ1v) is 9.38. The maximum absolute atomic E-state index is 12.9. The number of hydrogen-bond donors (Lipinski definition) is 0. The van der Waals surface area contributed by atoms with Gasteiger partial charge in [-0.1, -0.05) is 17.7 Å². The summed E-state index contributed by atoms with van der Waals surface area (Å²) in [6.45, 7) is 2.74. The van der Waals surface area contributed by atoms with Gasteiger partial charge in [0.05, 0.1) is 18.0 Å². The fourth-order valence-electron chi connectivity index (χ4n) is 3.12. The summed E-state index contributed by atoms with van der Waals surface area (Å²) >= 11 is 0. The summed E-state index contributed by atoms with van der Waals surface area (Å²) in [5, 5.41) is 11.0. The SMILES string of the molecule is CCOC(=O)CCN(CCC1=CCCCC1)C(=O)c1cccc([N+](=O)[O-])c1. The van der Waals surface area contributed by atoms with E-state index in [4.69, 9.17) is 4.74 Å². The molecule has 0 fully saturated rings. The standard InChI is InChI=1S/C20H26N2O5/c1-2-27-19(23)12-14-21(13-11-16-7-4-3-5-8-16)20(24)17-9-6-10-18(15-17)22(25)26/h6-7,9-10,15H,2-5,8,11-14H2,1H3. The summed E-state index contributed by atoms with van der Waals surface area (Å²) in [6.07, 6.45) is 7.55. The first-order valence-electron chi connectivity index (χ1n) is 9.38. The van der Waals surface area contributed by atoms with Crippen molar-refractivity contribution in [3.8, 4) is 0 Å². The molecule has 0 aliphatic heterocycles. The Kier molecular flexibility index (Phi) is 7.98. The number of nitro groups is 1. The number of esters is 1. The van der Waals surface area contributed by atoms with Gasteiger partial charge in [0.15, 0.2) is 0 Å². The number of allylic oxidation sites excluding steroid dienone is 1. The molecule has 2 rings (SSSR count). The summed E-state index contributed by atoms with van der Waals surface area (Å²) in [5.74, 6) is -0.661. The second kappa shape index (κ2) is 10.4. The second-order valence-corrected chi connectivity index (χ2v) is 6.51. The van der Waals surface area contributed by atoms with Gasteiger partial charge >= 0.3 is 5.97 Å². The van der Waals surface area contributed by atoms with Gasteiger partial charge < -0.3 is 9.64 Å². The molecule has 0 saturated heterocycles. The number of rotatable bonds is 9. The maximum atomic E-state index is 12.9. The minimum atomic E-state index is -0.521. The Balaban J connectivity index is 2.09. The first-order chi connectivity index (χ1) is 13.0. The van der Waals surface area contributed by atoms with Crippen molar-refractivity contribution in [1.82, 2.24) is 4.90 Å². The Morgan fingerprint density at radius 1 is 1.26 bits per heavy atom. The topological polar surface area (TPSA) is 89.8 Å². The van der Waals surface area contributed by atoms with Gasteiger partial charge in [-0.05, 0) is 45.1 Å². The van der Waals surface area contributed by atoms with Gasteiger partial charge in [0.1, 0.15) is 0 Å². The zero-order chi connectivity index (χ0) is 19.6. The van der Waals surface area contributed by atoms with E-state index in [1.807, 2.05) is 0 Å². The average molecular weight is 374 g/mol. The van der Waals surface area contributed by atoms with Crippen molar-refractivity contribution in [1.29, 1.82) is 0 Å². The molecule has 1 aliphatic rings. The highest BCUT2D eigenvalue weighted by Crippen LogP contribution is 2.21. The van der Waals surface area contributed by atoms with Crippen LogP contribution in [-0.2, 0) is 9.53 Å². The maximum Gasteiger partial charge on any atom is 0.307 e. The number of nitrogens with zero attached hydrogens (tertiary/aromatic N) is 2. The van der Waals surface area contributed by atoms with Crippen molar-refractivity contribution in [3.05, 3.63) is 51.6 Å². The number of hydrogen-bond acceptors (Lipinski definition) is 5. The Morgan fingerprint density at radius 2 is 2.07 bits per heavy atom. The van der Waals surface area contributed by atoms with Crippen molar-refractivity contribution in [2.24, 2.45) is 0 Å². The largest absolute Gasteiger partial charge is 0.466 e. The predicted molar refractivity (Wildman–Crippen MR) is 101 cm³/mol. The molecule has 1 aliphatic carbocycles. The van der Waals surface area contributed by atoms with Crippen molar-refractivity contribution in [3.63, 3.8) is 0 Å². The quantitative estimate of drug-likeness (QED) is 0.283. The van der Waals surface area contributed by atoms with Crippen LogP contribution in [-0.4, -0.2) is 41.4 Å². The highest BCUT2D eigenvalue weighted by molar-refractivity contribution is 5.95. The predicted octanol–water partition coefficient (Wildman–Crippen LogP) is 3.88. The number of non-ortho nitro benzene ring substituents is 1. The lowest BCUT2D eigenvalue weighted by Gasteiger charge is -2.24. The molecule has 0 spiro atoms. The van der Waals surface area contributed by atoms with E-state index in [0.29, 0.717) is 13.2 Å². The highest BCUT2D eigenvalue weighted by Gasteiger charge is 2.20. The minimum Gasteiger partial charge on any atom is -0.466 e. The van der Waals surface area contributed by atoms with Crippen molar-refractivity contribution < 1.29 is 19.2 Å². The third kappa shape index (κ3) is 6.51. The molecule has 7 nitrogen and oxygen atoms in total. The molecule has 0 aromatic heterocycles. The van der Waals surface area contributed by atoms with Crippen LogP contribution in [0.5, 0.6) is 0 Å². The molecule has 27 heavy (non-hydrogen) atoms. The van der Waals surface area contributed by atoms with Crippen molar-refractivity contribution in [2.75, 3.05) is 19.7 Å². The van der Waals surface area contributed by atoms with Gasteiger partial charge in [-0.15, -0.1) is 0 Å².